The molecule has 0 aromatic carbocycles. The average molecular weight is 292 g/mol. The summed E-state index contributed by atoms with van der Waals surface area (Å²) in [5.41, 5.74) is 0.704. The van der Waals surface area contributed by atoms with Gasteiger partial charge in [-0.2, -0.15) is 9.78 Å². The van der Waals surface area contributed by atoms with Gasteiger partial charge in [0.15, 0.2) is 11.5 Å². The van der Waals surface area contributed by atoms with Crippen LogP contribution in [-0.4, -0.2) is 24.7 Å². The van der Waals surface area contributed by atoms with Crippen molar-refractivity contribution in [1.29, 1.82) is 0 Å². The number of nitrogens with one attached hydrogen (secondary N) is 1. The van der Waals surface area contributed by atoms with Crippen LogP contribution in [0.1, 0.15) is 5.76 Å². The van der Waals surface area contributed by atoms with E-state index in [9.17, 15) is 0 Å². The van der Waals surface area contributed by atoms with Crippen LogP contribution >= 0.6 is 0 Å². The standard InChI is InChI=1S/C15H12N6O/c1-2-6-16-13(5-1)21-15-12(9-20-21)14(18-10-19-15)17-8-11-4-3-7-22-11/h1-7,9-10H,8H2,(H,17,18,19). The SMILES string of the molecule is c1ccc(-n2ncc3c(NCc4ccco4)ncnc32)nc1. The molecule has 0 radical (unpaired) electrons. The van der Waals surface area contributed by atoms with Gasteiger partial charge in [-0.05, 0) is 24.3 Å². The summed E-state index contributed by atoms with van der Waals surface area (Å²) >= 11 is 0. The molecule has 0 bridgehead atoms. The Hall–Kier alpha value is -3.22. The Morgan fingerprint density at radius 2 is 2.09 bits per heavy atom. The summed E-state index contributed by atoms with van der Waals surface area (Å²) in [7, 11) is 0. The van der Waals surface area contributed by atoms with E-state index in [1.807, 2.05) is 30.3 Å². The van der Waals surface area contributed by atoms with Gasteiger partial charge in [0, 0.05) is 6.20 Å². The first kappa shape index (κ1) is 12.5. The van der Waals surface area contributed by atoms with Crippen LogP contribution in [0.4, 0.5) is 5.82 Å². The summed E-state index contributed by atoms with van der Waals surface area (Å²) < 4.78 is 6.99. The molecule has 7 nitrogen and oxygen atoms in total. The number of nitrogens with zero attached hydrogens (tertiary/aromatic N) is 5. The zero-order valence-electron chi connectivity index (χ0n) is 11.5. The number of pyridine rings is 1. The van der Waals surface area contributed by atoms with Crippen molar-refractivity contribution in [2.75, 3.05) is 5.32 Å². The van der Waals surface area contributed by atoms with Gasteiger partial charge in [-0.3, -0.25) is 0 Å². The molecule has 4 aromatic rings. The lowest BCUT2D eigenvalue weighted by atomic mass is 10.3. The number of furan rings is 1. The van der Waals surface area contributed by atoms with E-state index >= 15 is 0 Å². The third-order valence-electron chi connectivity index (χ3n) is 3.24. The molecule has 0 aliphatic rings. The fourth-order valence-corrected chi connectivity index (χ4v) is 2.22. The van der Waals surface area contributed by atoms with Crippen molar-refractivity contribution in [1.82, 2.24) is 24.7 Å². The molecule has 108 valence electrons. The van der Waals surface area contributed by atoms with E-state index in [-0.39, 0.29) is 0 Å². The number of hydrogen-bond donors (Lipinski definition) is 1. The number of hydrogen-bond acceptors (Lipinski definition) is 6. The fraction of sp³-hybridized carbons (Fsp3) is 0.0667. The molecule has 4 aromatic heterocycles. The summed E-state index contributed by atoms with van der Waals surface area (Å²) in [6.45, 7) is 0.549. The van der Waals surface area contributed by atoms with E-state index in [0.29, 0.717) is 23.8 Å². The maximum atomic E-state index is 5.31. The van der Waals surface area contributed by atoms with Crippen LogP contribution in [0.5, 0.6) is 0 Å². The maximum Gasteiger partial charge on any atom is 0.170 e. The van der Waals surface area contributed by atoms with Gasteiger partial charge in [0.05, 0.1) is 24.4 Å². The number of anilines is 1. The molecule has 1 N–H and O–H groups in total. The quantitative estimate of drug-likeness (QED) is 0.622. The fourth-order valence-electron chi connectivity index (χ4n) is 2.22. The van der Waals surface area contributed by atoms with Gasteiger partial charge in [0.2, 0.25) is 0 Å². The second-order valence-corrected chi connectivity index (χ2v) is 4.64. The second kappa shape index (κ2) is 5.28. The van der Waals surface area contributed by atoms with Gasteiger partial charge in [0.25, 0.3) is 0 Å². The molecule has 0 saturated carbocycles. The lowest BCUT2D eigenvalue weighted by Gasteiger charge is -2.05. The molecule has 4 rings (SSSR count). The molecule has 0 amide bonds. The summed E-state index contributed by atoms with van der Waals surface area (Å²) in [6.07, 6.45) is 6.61. The molecule has 0 spiro atoms. The van der Waals surface area contributed by atoms with Gasteiger partial charge < -0.3 is 9.73 Å². The molecule has 0 saturated heterocycles. The third kappa shape index (κ3) is 2.18. The van der Waals surface area contributed by atoms with Gasteiger partial charge in [0.1, 0.15) is 17.9 Å². The van der Waals surface area contributed by atoms with Crippen molar-refractivity contribution in [3.8, 4) is 5.82 Å². The smallest absolute Gasteiger partial charge is 0.170 e. The van der Waals surface area contributed by atoms with Crippen LogP contribution in [0, 0.1) is 0 Å². The van der Waals surface area contributed by atoms with Crippen LogP contribution < -0.4 is 5.32 Å². The van der Waals surface area contributed by atoms with Crippen LogP contribution in [-0.2, 0) is 6.54 Å². The highest BCUT2D eigenvalue weighted by Crippen LogP contribution is 2.21. The Morgan fingerprint density at radius 1 is 1.09 bits per heavy atom. The summed E-state index contributed by atoms with van der Waals surface area (Å²) in [5.74, 6) is 2.26. The molecule has 7 heteroatoms. The van der Waals surface area contributed by atoms with Crippen LogP contribution in [0.15, 0.2) is 59.7 Å². The van der Waals surface area contributed by atoms with Crippen molar-refractivity contribution < 1.29 is 4.42 Å². The molecule has 0 fully saturated rings. The molecule has 4 heterocycles. The summed E-state index contributed by atoms with van der Waals surface area (Å²) in [5, 5.41) is 8.43. The first-order valence-electron chi connectivity index (χ1n) is 6.78. The van der Waals surface area contributed by atoms with E-state index in [1.165, 1.54) is 6.33 Å². The first-order chi connectivity index (χ1) is 10.9. The Labute approximate surface area is 125 Å². The molecular formula is C15H12N6O. The summed E-state index contributed by atoms with van der Waals surface area (Å²) in [6, 6.07) is 9.41. The zero-order chi connectivity index (χ0) is 14.8. The summed E-state index contributed by atoms with van der Waals surface area (Å²) in [4.78, 5) is 12.9. The molecule has 0 atom stereocenters. The van der Waals surface area contributed by atoms with E-state index in [4.69, 9.17) is 4.42 Å². The maximum absolute atomic E-state index is 5.31. The minimum atomic E-state index is 0.549. The van der Waals surface area contributed by atoms with Crippen molar-refractivity contribution in [2.24, 2.45) is 0 Å². The molecule has 22 heavy (non-hydrogen) atoms. The number of fused-ring (bicyclic) bond motifs is 1. The number of aromatic nitrogens is 5. The predicted molar refractivity (Wildman–Crippen MR) is 80.5 cm³/mol. The molecule has 0 aliphatic carbocycles. The van der Waals surface area contributed by atoms with Crippen molar-refractivity contribution in [2.45, 2.75) is 6.54 Å². The van der Waals surface area contributed by atoms with Crippen molar-refractivity contribution in [3.63, 3.8) is 0 Å². The van der Waals surface area contributed by atoms with Crippen LogP contribution in [0.25, 0.3) is 16.9 Å². The first-order valence-corrected chi connectivity index (χ1v) is 6.78. The van der Waals surface area contributed by atoms with Gasteiger partial charge in [-0.25, -0.2) is 15.0 Å². The van der Waals surface area contributed by atoms with E-state index in [0.717, 1.165) is 11.1 Å². The predicted octanol–water partition coefficient (Wildman–Crippen LogP) is 2.42. The molecule has 0 unspecified atom stereocenters. The second-order valence-electron chi connectivity index (χ2n) is 4.64. The highest BCUT2D eigenvalue weighted by Gasteiger charge is 2.11. The minimum absolute atomic E-state index is 0.549. The molecule has 0 aliphatic heterocycles. The molecular weight excluding hydrogens is 280 g/mol. The minimum Gasteiger partial charge on any atom is -0.467 e. The van der Waals surface area contributed by atoms with Crippen molar-refractivity contribution >= 4 is 16.9 Å². The van der Waals surface area contributed by atoms with E-state index in [2.05, 4.69) is 25.4 Å². The Morgan fingerprint density at radius 3 is 2.91 bits per heavy atom. The largest absolute Gasteiger partial charge is 0.467 e. The van der Waals surface area contributed by atoms with Gasteiger partial charge in [-0.1, -0.05) is 6.07 Å². The Bertz CT molecular complexity index is 885. The van der Waals surface area contributed by atoms with Gasteiger partial charge in [-0.15, -0.1) is 0 Å². The highest BCUT2D eigenvalue weighted by atomic mass is 16.3. The highest BCUT2D eigenvalue weighted by molar-refractivity contribution is 5.86. The van der Waals surface area contributed by atoms with E-state index in [1.54, 1.807) is 23.3 Å². The zero-order valence-corrected chi connectivity index (χ0v) is 11.5. The third-order valence-corrected chi connectivity index (χ3v) is 3.24. The topological polar surface area (TPSA) is 81.7 Å². The van der Waals surface area contributed by atoms with Crippen LogP contribution in [0.3, 0.4) is 0 Å². The Kier molecular flexibility index (Phi) is 3.01. The lowest BCUT2D eigenvalue weighted by Crippen LogP contribution is -2.03. The Balaban J connectivity index is 1.71. The van der Waals surface area contributed by atoms with Gasteiger partial charge >= 0.3 is 0 Å². The number of rotatable bonds is 4. The van der Waals surface area contributed by atoms with E-state index < -0.39 is 0 Å². The monoisotopic (exact) mass is 292 g/mol. The van der Waals surface area contributed by atoms with Crippen molar-refractivity contribution in [3.05, 3.63) is 61.1 Å². The van der Waals surface area contributed by atoms with Crippen LogP contribution in [0.2, 0.25) is 0 Å². The average Bonchev–Trinajstić information content (AvgIpc) is 3.23. The lowest BCUT2D eigenvalue weighted by molar-refractivity contribution is 0.518. The normalized spacial score (nSPS) is 10.9.